The first-order valence-corrected chi connectivity index (χ1v) is 6.63. The third-order valence-electron chi connectivity index (χ3n) is 4.20. The Morgan fingerprint density at radius 3 is 3.00 bits per heavy atom. The average molecular weight is 262 g/mol. The minimum atomic E-state index is -0.392. The van der Waals surface area contributed by atoms with Gasteiger partial charge in [0.25, 0.3) is 0 Å². The van der Waals surface area contributed by atoms with E-state index in [0.29, 0.717) is 36.7 Å². The third-order valence-corrected chi connectivity index (χ3v) is 4.20. The minimum Gasteiger partial charge on any atom is -0.497 e. The molecule has 3 rings (SSSR count). The molecule has 2 atom stereocenters. The molecule has 0 aromatic heterocycles. The van der Waals surface area contributed by atoms with E-state index in [1.54, 1.807) is 13.2 Å². The van der Waals surface area contributed by atoms with E-state index in [4.69, 9.17) is 14.2 Å². The van der Waals surface area contributed by atoms with E-state index >= 15 is 0 Å². The predicted molar refractivity (Wildman–Crippen MR) is 69.9 cm³/mol. The summed E-state index contributed by atoms with van der Waals surface area (Å²) < 4.78 is 16.8. The summed E-state index contributed by atoms with van der Waals surface area (Å²) in [5.74, 6) is 1.71. The molecule has 2 heterocycles. The van der Waals surface area contributed by atoms with E-state index in [1.807, 2.05) is 12.1 Å². The van der Waals surface area contributed by atoms with Crippen LogP contribution in [-0.4, -0.2) is 31.7 Å². The molecular weight excluding hydrogens is 244 g/mol. The number of rotatable bonds is 1. The molecule has 0 radical (unpaired) electrons. The normalized spacial score (nSPS) is 29.8. The largest absolute Gasteiger partial charge is 0.497 e. The maximum absolute atomic E-state index is 12.4. The quantitative estimate of drug-likeness (QED) is 0.780. The first-order valence-electron chi connectivity index (χ1n) is 6.63. The highest BCUT2D eigenvalue weighted by Crippen LogP contribution is 2.42. The summed E-state index contributed by atoms with van der Waals surface area (Å²) in [6.45, 7) is 3.39. The van der Waals surface area contributed by atoms with Gasteiger partial charge in [-0.1, -0.05) is 6.92 Å². The maximum atomic E-state index is 12.4. The van der Waals surface area contributed by atoms with Gasteiger partial charge in [-0.05, 0) is 18.2 Å². The van der Waals surface area contributed by atoms with E-state index in [9.17, 15) is 4.79 Å². The Bertz CT molecular complexity index is 511. The van der Waals surface area contributed by atoms with Gasteiger partial charge in [0.2, 0.25) is 0 Å². The molecule has 1 fully saturated rings. The van der Waals surface area contributed by atoms with Crippen LogP contribution < -0.4 is 9.47 Å². The highest BCUT2D eigenvalue weighted by Gasteiger charge is 2.46. The monoisotopic (exact) mass is 262 g/mol. The van der Waals surface area contributed by atoms with Gasteiger partial charge in [-0.25, -0.2) is 0 Å². The van der Waals surface area contributed by atoms with Gasteiger partial charge < -0.3 is 14.2 Å². The van der Waals surface area contributed by atoms with Gasteiger partial charge in [0.1, 0.15) is 17.1 Å². The molecule has 0 aliphatic carbocycles. The number of ketones is 1. The zero-order valence-electron chi connectivity index (χ0n) is 11.3. The van der Waals surface area contributed by atoms with Gasteiger partial charge in [0.05, 0.1) is 32.3 Å². The molecule has 0 N–H and O–H groups in total. The maximum Gasteiger partial charge on any atom is 0.170 e. The number of Topliss-reactive ketones (excluding diaryl/α,β-unsaturated/α-hetero) is 1. The fourth-order valence-corrected chi connectivity index (χ4v) is 2.88. The Balaban J connectivity index is 1.98. The smallest absolute Gasteiger partial charge is 0.170 e. The van der Waals surface area contributed by atoms with Crippen LogP contribution in [0.2, 0.25) is 0 Å². The van der Waals surface area contributed by atoms with Crippen molar-refractivity contribution < 1.29 is 19.0 Å². The van der Waals surface area contributed by atoms with Crippen LogP contribution in [0.25, 0.3) is 0 Å². The summed E-state index contributed by atoms with van der Waals surface area (Å²) >= 11 is 0. The Morgan fingerprint density at radius 1 is 1.42 bits per heavy atom. The van der Waals surface area contributed by atoms with Crippen molar-refractivity contribution in [3.63, 3.8) is 0 Å². The molecule has 4 heteroatoms. The van der Waals surface area contributed by atoms with Crippen molar-refractivity contribution in [2.24, 2.45) is 5.92 Å². The Kier molecular flexibility index (Phi) is 2.97. The molecular formula is C15H18O4. The summed E-state index contributed by atoms with van der Waals surface area (Å²) in [7, 11) is 1.60. The Labute approximate surface area is 112 Å². The van der Waals surface area contributed by atoms with Gasteiger partial charge in [-0.15, -0.1) is 0 Å². The van der Waals surface area contributed by atoms with Crippen LogP contribution in [0.15, 0.2) is 18.2 Å². The van der Waals surface area contributed by atoms with E-state index in [0.717, 1.165) is 6.42 Å². The van der Waals surface area contributed by atoms with Gasteiger partial charge >= 0.3 is 0 Å². The third kappa shape index (κ3) is 2.00. The Morgan fingerprint density at radius 2 is 2.26 bits per heavy atom. The number of fused-ring (bicyclic) bond motifs is 1. The van der Waals surface area contributed by atoms with Crippen LogP contribution in [0.4, 0.5) is 0 Å². The molecule has 4 nitrogen and oxygen atoms in total. The first-order chi connectivity index (χ1) is 9.14. The standard InChI is InChI=1S/C15H18O4/c1-10-9-18-6-5-15(10)8-13(16)12-7-11(17-2)3-4-14(12)19-15/h3-4,7,10H,5-6,8-9H2,1-2H3. The molecule has 102 valence electrons. The molecule has 1 aromatic rings. The SMILES string of the molecule is COc1ccc2c(c1)C(=O)CC1(CCOCC1C)O2. The first kappa shape index (κ1) is 12.5. The van der Waals surface area contributed by atoms with Crippen LogP contribution in [0.5, 0.6) is 11.5 Å². The zero-order chi connectivity index (χ0) is 13.5. The number of hydrogen-bond acceptors (Lipinski definition) is 4. The lowest BCUT2D eigenvalue weighted by Gasteiger charge is -2.44. The topological polar surface area (TPSA) is 44.8 Å². The van der Waals surface area contributed by atoms with Crippen LogP contribution in [-0.2, 0) is 4.74 Å². The zero-order valence-corrected chi connectivity index (χ0v) is 11.3. The van der Waals surface area contributed by atoms with Gasteiger partial charge in [-0.2, -0.15) is 0 Å². The van der Waals surface area contributed by atoms with E-state index < -0.39 is 5.60 Å². The molecule has 2 aliphatic heterocycles. The lowest BCUT2D eigenvalue weighted by molar-refractivity contribution is -0.0917. The molecule has 0 amide bonds. The summed E-state index contributed by atoms with van der Waals surface area (Å²) in [4.78, 5) is 12.4. The summed E-state index contributed by atoms with van der Waals surface area (Å²) in [6, 6.07) is 5.42. The van der Waals surface area contributed by atoms with Crippen LogP contribution in [0.1, 0.15) is 30.1 Å². The number of hydrogen-bond donors (Lipinski definition) is 0. The van der Waals surface area contributed by atoms with E-state index in [-0.39, 0.29) is 11.7 Å². The van der Waals surface area contributed by atoms with Gasteiger partial charge in [0.15, 0.2) is 5.78 Å². The fraction of sp³-hybridized carbons (Fsp3) is 0.533. The van der Waals surface area contributed by atoms with Crippen LogP contribution in [0, 0.1) is 5.92 Å². The van der Waals surface area contributed by atoms with Gasteiger partial charge in [-0.3, -0.25) is 4.79 Å². The van der Waals surface area contributed by atoms with Crippen molar-refractivity contribution in [3.8, 4) is 11.5 Å². The molecule has 0 bridgehead atoms. The summed E-state index contributed by atoms with van der Waals surface area (Å²) in [5.41, 5.74) is 0.236. The molecule has 19 heavy (non-hydrogen) atoms. The number of methoxy groups -OCH3 is 1. The molecule has 2 aliphatic rings. The Hall–Kier alpha value is -1.55. The average Bonchev–Trinajstić information content (AvgIpc) is 2.42. The predicted octanol–water partition coefficient (Wildman–Crippen LogP) is 2.46. The highest BCUT2D eigenvalue weighted by molar-refractivity contribution is 6.00. The van der Waals surface area contributed by atoms with Gasteiger partial charge in [0, 0.05) is 12.3 Å². The second-order valence-corrected chi connectivity index (χ2v) is 5.35. The number of carbonyl (C=O) groups is 1. The van der Waals surface area contributed by atoms with Crippen LogP contribution in [0.3, 0.4) is 0 Å². The van der Waals surface area contributed by atoms with Crippen molar-refractivity contribution >= 4 is 5.78 Å². The molecule has 1 saturated heterocycles. The van der Waals surface area contributed by atoms with Crippen molar-refractivity contribution in [1.82, 2.24) is 0 Å². The van der Waals surface area contributed by atoms with E-state index in [1.165, 1.54) is 0 Å². The lowest BCUT2D eigenvalue weighted by Crippen LogP contribution is -2.52. The molecule has 1 spiro atoms. The number of ether oxygens (including phenoxy) is 3. The molecule has 0 saturated carbocycles. The molecule has 2 unspecified atom stereocenters. The summed E-state index contributed by atoms with van der Waals surface area (Å²) in [5, 5.41) is 0. The second-order valence-electron chi connectivity index (χ2n) is 5.35. The van der Waals surface area contributed by atoms with E-state index in [2.05, 4.69) is 6.92 Å². The lowest BCUT2D eigenvalue weighted by atomic mass is 9.77. The van der Waals surface area contributed by atoms with Crippen molar-refractivity contribution in [3.05, 3.63) is 23.8 Å². The van der Waals surface area contributed by atoms with Crippen molar-refractivity contribution in [1.29, 1.82) is 0 Å². The fourth-order valence-electron chi connectivity index (χ4n) is 2.88. The summed E-state index contributed by atoms with van der Waals surface area (Å²) in [6.07, 6.45) is 1.20. The number of carbonyl (C=O) groups excluding carboxylic acids is 1. The second kappa shape index (κ2) is 4.53. The minimum absolute atomic E-state index is 0.133. The molecule has 1 aromatic carbocycles. The van der Waals surface area contributed by atoms with Crippen LogP contribution >= 0.6 is 0 Å². The van der Waals surface area contributed by atoms with Crippen molar-refractivity contribution in [2.75, 3.05) is 20.3 Å². The van der Waals surface area contributed by atoms with Crippen molar-refractivity contribution in [2.45, 2.75) is 25.4 Å². The highest BCUT2D eigenvalue weighted by atomic mass is 16.5. The number of benzene rings is 1.